The summed E-state index contributed by atoms with van der Waals surface area (Å²) >= 11 is 0. The third kappa shape index (κ3) is 3.63. The number of hydrogen-bond acceptors (Lipinski definition) is 5. The summed E-state index contributed by atoms with van der Waals surface area (Å²) in [5.41, 5.74) is 1.24. The van der Waals surface area contributed by atoms with Gasteiger partial charge in [-0.15, -0.1) is 0 Å². The lowest BCUT2D eigenvalue weighted by molar-refractivity contribution is -0.0716. The number of carbonyl (C=O) groups is 1. The standard InChI is InChI=1S/C23H27N3O3/c1-16-8-12-26(13-9-16)21-7-4-17(15-24-21)22(27)25-18-5-6-19-20(14-18)29-23(28-19)10-2-3-11-23/h4-7,14-16H,2-3,8-13H2,1H3,(H,25,27). The molecule has 0 atom stereocenters. The molecule has 1 aromatic carbocycles. The van der Waals surface area contributed by atoms with E-state index in [0.717, 1.165) is 56.3 Å². The van der Waals surface area contributed by atoms with E-state index >= 15 is 0 Å². The van der Waals surface area contributed by atoms with Crippen molar-refractivity contribution in [2.45, 2.75) is 51.2 Å². The molecule has 1 aromatic heterocycles. The Bertz CT molecular complexity index is 898. The Morgan fingerprint density at radius 2 is 1.86 bits per heavy atom. The molecule has 1 spiro atoms. The van der Waals surface area contributed by atoms with Crippen molar-refractivity contribution in [1.82, 2.24) is 4.98 Å². The maximum atomic E-state index is 12.7. The summed E-state index contributed by atoms with van der Waals surface area (Å²) in [6, 6.07) is 9.35. The first-order valence-electron chi connectivity index (χ1n) is 10.6. The van der Waals surface area contributed by atoms with Crippen molar-refractivity contribution in [2.75, 3.05) is 23.3 Å². The molecule has 6 nitrogen and oxygen atoms in total. The van der Waals surface area contributed by atoms with Crippen molar-refractivity contribution in [3.63, 3.8) is 0 Å². The summed E-state index contributed by atoms with van der Waals surface area (Å²) in [6.45, 7) is 4.35. The lowest BCUT2D eigenvalue weighted by Gasteiger charge is -2.31. The number of nitrogens with zero attached hydrogens (tertiary/aromatic N) is 2. The van der Waals surface area contributed by atoms with Crippen LogP contribution in [-0.2, 0) is 0 Å². The van der Waals surface area contributed by atoms with Crippen LogP contribution in [0.4, 0.5) is 11.5 Å². The zero-order chi connectivity index (χ0) is 19.8. The molecule has 3 heterocycles. The highest BCUT2D eigenvalue weighted by Gasteiger charge is 2.44. The number of nitrogens with one attached hydrogen (secondary N) is 1. The molecule has 0 bridgehead atoms. The molecule has 3 aliphatic rings. The topological polar surface area (TPSA) is 63.7 Å². The molecule has 152 valence electrons. The Hall–Kier alpha value is -2.76. The van der Waals surface area contributed by atoms with E-state index in [4.69, 9.17) is 9.47 Å². The van der Waals surface area contributed by atoms with E-state index in [1.54, 1.807) is 6.20 Å². The molecule has 2 fully saturated rings. The van der Waals surface area contributed by atoms with Gasteiger partial charge in [0.15, 0.2) is 11.5 Å². The number of piperidine rings is 1. The number of fused-ring (bicyclic) bond motifs is 1. The number of rotatable bonds is 3. The highest BCUT2D eigenvalue weighted by Crippen LogP contribution is 2.47. The number of hydrogen-bond donors (Lipinski definition) is 1. The fraction of sp³-hybridized carbons (Fsp3) is 0.478. The smallest absolute Gasteiger partial charge is 0.257 e. The Labute approximate surface area is 171 Å². The van der Waals surface area contributed by atoms with Crippen LogP contribution in [0.1, 0.15) is 55.8 Å². The summed E-state index contributed by atoms with van der Waals surface area (Å²) in [6.07, 6.45) is 8.11. The molecule has 1 saturated heterocycles. The molecule has 1 amide bonds. The third-order valence-electron chi connectivity index (χ3n) is 6.28. The molecule has 1 N–H and O–H groups in total. The molecule has 29 heavy (non-hydrogen) atoms. The average Bonchev–Trinajstić information content (AvgIpc) is 3.34. The van der Waals surface area contributed by atoms with Crippen LogP contribution in [0.25, 0.3) is 0 Å². The van der Waals surface area contributed by atoms with Crippen LogP contribution in [0.15, 0.2) is 36.5 Å². The first-order valence-corrected chi connectivity index (χ1v) is 10.6. The molecule has 2 aliphatic heterocycles. The van der Waals surface area contributed by atoms with Gasteiger partial charge in [0.25, 0.3) is 11.7 Å². The fourth-order valence-corrected chi connectivity index (χ4v) is 4.44. The number of anilines is 2. The number of amides is 1. The highest BCUT2D eigenvalue weighted by atomic mass is 16.7. The molecule has 1 saturated carbocycles. The first-order chi connectivity index (χ1) is 14.1. The number of ether oxygens (including phenoxy) is 2. The number of aromatic nitrogens is 1. The van der Waals surface area contributed by atoms with Gasteiger partial charge < -0.3 is 19.7 Å². The summed E-state index contributed by atoms with van der Waals surface area (Å²) in [7, 11) is 0. The van der Waals surface area contributed by atoms with Gasteiger partial charge in [0.05, 0.1) is 5.56 Å². The van der Waals surface area contributed by atoms with Crippen molar-refractivity contribution in [3.8, 4) is 11.5 Å². The minimum Gasteiger partial charge on any atom is -0.448 e. The monoisotopic (exact) mass is 393 g/mol. The van der Waals surface area contributed by atoms with E-state index in [1.165, 1.54) is 12.8 Å². The Morgan fingerprint density at radius 1 is 1.10 bits per heavy atom. The maximum absolute atomic E-state index is 12.7. The molecule has 0 radical (unpaired) electrons. The van der Waals surface area contributed by atoms with Gasteiger partial charge in [-0.05, 0) is 55.9 Å². The molecular formula is C23H27N3O3. The summed E-state index contributed by atoms with van der Waals surface area (Å²) in [5.74, 6) is 2.52. The van der Waals surface area contributed by atoms with Gasteiger partial charge in [-0.25, -0.2) is 4.98 Å². The second-order valence-electron chi connectivity index (χ2n) is 8.51. The normalized spacial score (nSPS) is 20.2. The van der Waals surface area contributed by atoms with Gasteiger partial charge in [-0.1, -0.05) is 6.92 Å². The van der Waals surface area contributed by atoms with Gasteiger partial charge in [0.1, 0.15) is 5.82 Å². The van der Waals surface area contributed by atoms with Crippen molar-refractivity contribution >= 4 is 17.4 Å². The second kappa shape index (κ2) is 7.25. The van der Waals surface area contributed by atoms with Crippen molar-refractivity contribution < 1.29 is 14.3 Å². The van der Waals surface area contributed by atoms with E-state index < -0.39 is 5.79 Å². The van der Waals surface area contributed by atoms with E-state index in [0.29, 0.717) is 17.0 Å². The van der Waals surface area contributed by atoms with Crippen molar-refractivity contribution in [3.05, 3.63) is 42.1 Å². The van der Waals surface area contributed by atoms with Crippen LogP contribution in [-0.4, -0.2) is 29.8 Å². The maximum Gasteiger partial charge on any atom is 0.257 e. The number of benzene rings is 1. The number of carbonyl (C=O) groups excluding carboxylic acids is 1. The SMILES string of the molecule is CC1CCN(c2ccc(C(=O)Nc3ccc4c(c3)OC3(CCCC3)O4)cn2)CC1. The van der Waals surface area contributed by atoms with Crippen LogP contribution in [0, 0.1) is 5.92 Å². The van der Waals surface area contributed by atoms with Crippen LogP contribution in [0.5, 0.6) is 11.5 Å². The minimum absolute atomic E-state index is 0.175. The molecule has 6 heteroatoms. The van der Waals surface area contributed by atoms with Gasteiger partial charge >= 0.3 is 0 Å². The van der Waals surface area contributed by atoms with Crippen LogP contribution in [0.3, 0.4) is 0 Å². The van der Waals surface area contributed by atoms with Gasteiger partial charge in [-0.3, -0.25) is 4.79 Å². The van der Waals surface area contributed by atoms with E-state index in [1.807, 2.05) is 30.3 Å². The second-order valence-corrected chi connectivity index (χ2v) is 8.51. The Kier molecular flexibility index (Phi) is 4.57. The predicted octanol–water partition coefficient (Wildman–Crippen LogP) is 4.61. The zero-order valence-corrected chi connectivity index (χ0v) is 16.8. The lowest BCUT2D eigenvalue weighted by Crippen LogP contribution is -2.34. The average molecular weight is 393 g/mol. The van der Waals surface area contributed by atoms with Crippen LogP contribution < -0.4 is 19.7 Å². The molecule has 1 aliphatic carbocycles. The largest absolute Gasteiger partial charge is 0.448 e. The third-order valence-corrected chi connectivity index (χ3v) is 6.28. The quantitative estimate of drug-likeness (QED) is 0.825. The summed E-state index contributed by atoms with van der Waals surface area (Å²) in [4.78, 5) is 19.5. The van der Waals surface area contributed by atoms with Crippen molar-refractivity contribution in [2.24, 2.45) is 5.92 Å². The predicted molar refractivity (Wildman–Crippen MR) is 112 cm³/mol. The minimum atomic E-state index is -0.489. The van der Waals surface area contributed by atoms with Crippen LogP contribution in [0.2, 0.25) is 0 Å². The Morgan fingerprint density at radius 3 is 2.59 bits per heavy atom. The van der Waals surface area contributed by atoms with Crippen LogP contribution >= 0.6 is 0 Å². The zero-order valence-electron chi connectivity index (χ0n) is 16.8. The van der Waals surface area contributed by atoms with E-state index in [-0.39, 0.29) is 5.91 Å². The van der Waals surface area contributed by atoms with Gasteiger partial charge in [0, 0.05) is 43.9 Å². The number of pyridine rings is 1. The highest BCUT2D eigenvalue weighted by molar-refractivity contribution is 6.04. The first kappa shape index (κ1) is 18.3. The summed E-state index contributed by atoms with van der Waals surface area (Å²) < 4.78 is 12.1. The fourth-order valence-electron chi connectivity index (χ4n) is 4.44. The van der Waals surface area contributed by atoms with E-state index in [9.17, 15) is 4.79 Å². The Balaban J connectivity index is 1.24. The lowest BCUT2D eigenvalue weighted by atomic mass is 9.99. The van der Waals surface area contributed by atoms with Crippen molar-refractivity contribution in [1.29, 1.82) is 0 Å². The van der Waals surface area contributed by atoms with E-state index in [2.05, 4.69) is 22.1 Å². The molecule has 5 rings (SSSR count). The molecular weight excluding hydrogens is 366 g/mol. The van der Waals surface area contributed by atoms with Gasteiger partial charge in [0.2, 0.25) is 0 Å². The summed E-state index contributed by atoms with van der Waals surface area (Å²) in [5, 5.41) is 2.94. The molecule has 0 unspecified atom stereocenters. The molecule has 2 aromatic rings. The van der Waals surface area contributed by atoms with Gasteiger partial charge in [-0.2, -0.15) is 0 Å².